The summed E-state index contributed by atoms with van der Waals surface area (Å²) in [6, 6.07) is 0. The van der Waals surface area contributed by atoms with E-state index in [9.17, 15) is 0 Å². The third kappa shape index (κ3) is 1550. The predicted octanol–water partition coefficient (Wildman–Crippen LogP) is -0.633. The van der Waals surface area contributed by atoms with Gasteiger partial charge in [0.25, 0.3) is 0 Å². The second kappa shape index (κ2) is 5.51. The van der Waals surface area contributed by atoms with Crippen molar-refractivity contribution in [2.45, 2.75) is 0 Å². The molecule has 0 atom stereocenters. The van der Waals surface area contributed by atoms with Crippen LogP contribution < -0.4 is 5.90 Å². The molecule has 0 aliphatic rings. The van der Waals surface area contributed by atoms with Crippen LogP contribution >= 0.6 is 0 Å². The van der Waals surface area contributed by atoms with Gasteiger partial charge in [-0.25, -0.2) is 0 Å². The molecule has 4 N–H and O–H groups in total. The maximum Gasteiger partial charge on any atom is 0.394 e. The van der Waals surface area contributed by atoms with E-state index in [0.29, 0.717) is 0 Å². The zero-order chi connectivity index (χ0) is 7.91. The molecule has 6 nitrogen and oxygen atoms in total. The van der Waals surface area contributed by atoms with E-state index in [1.54, 1.807) is 0 Å². The van der Waals surface area contributed by atoms with E-state index in [0.717, 1.165) is 6.26 Å². The van der Waals surface area contributed by atoms with Gasteiger partial charge in [-0.15, -0.1) is 0 Å². The van der Waals surface area contributed by atoms with Gasteiger partial charge in [-0.2, -0.15) is 14.3 Å². The Morgan fingerprint density at radius 2 is 1.67 bits per heavy atom. The third-order valence-corrected chi connectivity index (χ3v) is 0.0962. The van der Waals surface area contributed by atoms with E-state index in [1.165, 1.54) is 0 Å². The minimum Gasteiger partial charge on any atom is -0.420 e. The van der Waals surface area contributed by atoms with Gasteiger partial charge in [0.1, 0.15) is 6.26 Å². The minimum absolute atomic E-state index is 1.15. The summed E-state index contributed by atoms with van der Waals surface area (Å²) in [6.45, 7) is 3.13. The van der Waals surface area contributed by atoms with E-state index in [2.05, 4.69) is 17.3 Å². The fourth-order valence-corrected chi connectivity index (χ4v) is 0. The van der Waals surface area contributed by atoms with Gasteiger partial charge in [0.05, 0.1) is 0 Å². The zero-order valence-electron chi connectivity index (χ0n) is 4.39. The van der Waals surface area contributed by atoms with Gasteiger partial charge < -0.3 is 4.84 Å². The summed E-state index contributed by atoms with van der Waals surface area (Å²) >= 11 is 0. The van der Waals surface area contributed by atoms with Crippen molar-refractivity contribution in [3.05, 3.63) is 12.8 Å². The van der Waals surface area contributed by atoms with Gasteiger partial charge in [-0.1, -0.05) is 6.58 Å². The van der Waals surface area contributed by atoms with Crippen molar-refractivity contribution in [3.8, 4) is 0 Å². The van der Waals surface area contributed by atoms with Crippen molar-refractivity contribution >= 4 is 10.4 Å². The smallest absolute Gasteiger partial charge is 0.394 e. The second-order valence-electron chi connectivity index (χ2n) is 0.751. The van der Waals surface area contributed by atoms with Crippen LogP contribution in [0.5, 0.6) is 0 Å². The quantitative estimate of drug-likeness (QED) is 0.265. The maximum atomic E-state index is 8.74. The van der Waals surface area contributed by atoms with E-state index in [1.807, 2.05) is 0 Å². The number of rotatable bonds is 1. The van der Waals surface area contributed by atoms with Crippen LogP contribution in [0.25, 0.3) is 0 Å². The minimum atomic E-state index is -4.67. The van der Waals surface area contributed by atoms with Crippen LogP contribution in [0, 0.1) is 0 Å². The molecule has 56 valence electrons. The third-order valence-electron chi connectivity index (χ3n) is 0.0962. The first-order valence-corrected chi connectivity index (χ1v) is 2.98. The molecule has 0 radical (unpaired) electrons. The van der Waals surface area contributed by atoms with Crippen molar-refractivity contribution < 1.29 is 22.4 Å². The average molecular weight is 157 g/mol. The molecule has 0 aliphatic heterocycles. The Labute approximate surface area is 52.5 Å². The molecule has 0 rings (SSSR count). The normalized spacial score (nSPS) is 8.78. The number of nitrogens with two attached hydrogens (primary N) is 1. The van der Waals surface area contributed by atoms with Crippen molar-refractivity contribution in [1.82, 2.24) is 0 Å². The molecule has 0 fully saturated rings. The molecule has 0 unspecified atom stereocenters. The summed E-state index contributed by atoms with van der Waals surface area (Å²) in [6.07, 6.45) is 1.15. The van der Waals surface area contributed by atoms with Gasteiger partial charge in [0, 0.05) is 0 Å². The van der Waals surface area contributed by atoms with Gasteiger partial charge in [0.15, 0.2) is 0 Å². The molecule has 7 heteroatoms. The molecule has 0 aromatic heterocycles. The van der Waals surface area contributed by atoms with Crippen LogP contribution in [0.3, 0.4) is 0 Å². The van der Waals surface area contributed by atoms with Gasteiger partial charge in [-0.3, -0.25) is 9.11 Å². The fraction of sp³-hybridized carbons (Fsp3) is 0. The van der Waals surface area contributed by atoms with Gasteiger partial charge in [0.2, 0.25) is 0 Å². The summed E-state index contributed by atoms with van der Waals surface area (Å²) in [5.41, 5.74) is 0. The maximum absolute atomic E-state index is 8.74. The summed E-state index contributed by atoms with van der Waals surface area (Å²) in [5.74, 6) is 4.41. The van der Waals surface area contributed by atoms with Crippen LogP contribution in [0.1, 0.15) is 0 Å². The van der Waals surface area contributed by atoms with E-state index < -0.39 is 10.4 Å². The van der Waals surface area contributed by atoms with Crippen molar-refractivity contribution in [3.63, 3.8) is 0 Å². The molecule has 0 spiro atoms. The second-order valence-corrected chi connectivity index (χ2v) is 1.65. The lowest BCUT2D eigenvalue weighted by molar-refractivity contribution is 0.262. The standard InChI is InChI=1S/C2H5NO.H2O4S/c1-2-4-3;1-5(2,3)4/h2H,1,3H2;(H2,1,2,3,4). The summed E-state index contributed by atoms with van der Waals surface area (Å²) in [4.78, 5) is 3.81. The van der Waals surface area contributed by atoms with Crippen LogP contribution in [-0.2, 0) is 15.2 Å². The Kier molecular flexibility index (Phi) is 6.85. The SMILES string of the molecule is C=CON.O=S(=O)(O)O. The van der Waals surface area contributed by atoms with Crippen molar-refractivity contribution in [2.75, 3.05) is 0 Å². The monoisotopic (exact) mass is 157 g/mol. The van der Waals surface area contributed by atoms with E-state index in [4.69, 9.17) is 17.5 Å². The lowest BCUT2D eigenvalue weighted by atomic mass is 11.2. The van der Waals surface area contributed by atoms with Crippen molar-refractivity contribution in [2.24, 2.45) is 5.90 Å². The number of hydrogen-bond acceptors (Lipinski definition) is 4. The Bertz CT molecular complexity index is 140. The van der Waals surface area contributed by atoms with Gasteiger partial charge in [-0.05, 0) is 0 Å². The largest absolute Gasteiger partial charge is 0.420 e. The highest BCUT2D eigenvalue weighted by Crippen LogP contribution is 1.59. The first-order chi connectivity index (χ1) is 3.91. The first kappa shape index (κ1) is 11.2. The Morgan fingerprint density at radius 1 is 1.56 bits per heavy atom. The molecule has 0 saturated heterocycles. The first-order valence-electron chi connectivity index (χ1n) is 1.58. The molecule has 0 heterocycles. The molecular weight excluding hydrogens is 150 g/mol. The lowest BCUT2D eigenvalue weighted by Crippen LogP contribution is -1.89. The summed E-state index contributed by atoms with van der Waals surface area (Å²) in [7, 11) is -4.67. The fourth-order valence-electron chi connectivity index (χ4n) is 0. The predicted molar refractivity (Wildman–Crippen MR) is 29.6 cm³/mol. The molecule has 0 aromatic rings. The highest BCUT2D eigenvalue weighted by atomic mass is 32.3. The highest BCUT2D eigenvalue weighted by molar-refractivity contribution is 7.79. The molecule has 0 bridgehead atoms. The van der Waals surface area contributed by atoms with Crippen LogP contribution in [0.4, 0.5) is 0 Å². The topological polar surface area (TPSA) is 110 Å². The number of hydrogen-bond donors (Lipinski definition) is 3. The molecule has 9 heavy (non-hydrogen) atoms. The average Bonchev–Trinajstić information content (AvgIpc) is 1.61. The molecular formula is C2H7NO5S. The molecule has 0 saturated carbocycles. The van der Waals surface area contributed by atoms with Crippen LogP contribution in [0.15, 0.2) is 12.8 Å². The Balaban J connectivity index is 0. The Morgan fingerprint density at radius 3 is 1.67 bits per heavy atom. The van der Waals surface area contributed by atoms with E-state index >= 15 is 0 Å². The van der Waals surface area contributed by atoms with Crippen LogP contribution in [-0.4, -0.2) is 17.5 Å². The van der Waals surface area contributed by atoms with Crippen LogP contribution in [0.2, 0.25) is 0 Å². The molecule has 0 aliphatic carbocycles. The van der Waals surface area contributed by atoms with E-state index in [-0.39, 0.29) is 0 Å². The lowest BCUT2D eigenvalue weighted by Gasteiger charge is -1.72. The highest BCUT2D eigenvalue weighted by Gasteiger charge is 1.84. The van der Waals surface area contributed by atoms with Gasteiger partial charge >= 0.3 is 10.4 Å². The molecule has 0 amide bonds. The summed E-state index contributed by atoms with van der Waals surface area (Å²) in [5, 5.41) is 0. The zero-order valence-corrected chi connectivity index (χ0v) is 5.21. The Hall–Kier alpha value is -0.630. The van der Waals surface area contributed by atoms with Crippen molar-refractivity contribution in [1.29, 1.82) is 0 Å². The molecule has 0 aromatic carbocycles. The summed E-state index contributed by atoms with van der Waals surface area (Å²) < 4.78 is 31.6.